The second kappa shape index (κ2) is 4.96. The Hall–Kier alpha value is -2.67. The summed E-state index contributed by atoms with van der Waals surface area (Å²) in [6.45, 7) is 1.72. The molecule has 1 heterocycles. The van der Waals surface area contributed by atoms with Crippen molar-refractivity contribution in [3.05, 3.63) is 70.4 Å². The number of hydrogen-bond acceptors (Lipinski definition) is 4. The van der Waals surface area contributed by atoms with Gasteiger partial charge >= 0.3 is 0 Å². The minimum Gasteiger partial charge on any atom is -0.258 e. The van der Waals surface area contributed by atoms with Crippen LogP contribution in [0.5, 0.6) is 0 Å². The van der Waals surface area contributed by atoms with Gasteiger partial charge in [-0.1, -0.05) is 18.2 Å². The van der Waals surface area contributed by atoms with Crippen molar-refractivity contribution in [2.24, 2.45) is 0 Å². The molecule has 112 valence electrons. The summed E-state index contributed by atoms with van der Waals surface area (Å²) >= 11 is 0. The number of aromatic nitrogens is 1. The first-order valence-corrected chi connectivity index (χ1v) is 7.92. The average Bonchev–Trinajstić information content (AvgIpc) is 2.93. The van der Waals surface area contributed by atoms with Crippen LogP contribution >= 0.6 is 0 Å². The lowest BCUT2D eigenvalue weighted by Gasteiger charge is -2.08. The van der Waals surface area contributed by atoms with E-state index < -0.39 is 14.9 Å². The first-order valence-electron chi connectivity index (χ1n) is 6.48. The molecule has 3 rings (SSSR count). The minimum absolute atomic E-state index is 0.131. The standard InChI is InChI=1S/C15H12N2O4S/c1-11-9-12(17(18)19)10-15-14(11)7-8-16(15)22(20,21)13-5-3-2-4-6-13/h2-10H,1H3. The highest BCUT2D eigenvalue weighted by molar-refractivity contribution is 7.90. The maximum Gasteiger partial charge on any atom is 0.271 e. The third kappa shape index (κ3) is 2.15. The number of nitro benzene ring substituents is 1. The van der Waals surface area contributed by atoms with Gasteiger partial charge in [-0.15, -0.1) is 0 Å². The lowest BCUT2D eigenvalue weighted by atomic mass is 10.1. The van der Waals surface area contributed by atoms with E-state index in [1.165, 1.54) is 30.5 Å². The molecule has 0 bridgehead atoms. The molecule has 0 saturated carbocycles. The Morgan fingerprint density at radius 1 is 1.09 bits per heavy atom. The Morgan fingerprint density at radius 2 is 1.77 bits per heavy atom. The van der Waals surface area contributed by atoms with Crippen LogP contribution in [-0.2, 0) is 10.0 Å². The molecule has 0 aliphatic heterocycles. The summed E-state index contributed by atoms with van der Waals surface area (Å²) < 4.78 is 26.5. The molecule has 0 unspecified atom stereocenters. The molecule has 1 aromatic heterocycles. The van der Waals surface area contributed by atoms with E-state index in [0.717, 1.165) is 3.97 Å². The van der Waals surface area contributed by atoms with Crippen LogP contribution < -0.4 is 0 Å². The summed E-state index contributed by atoms with van der Waals surface area (Å²) in [6.07, 6.45) is 1.42. The van der Waals surface area contributed by atoms with Crippen molar-refractivity contribution in [2.45, 2.75) is 11.8 Å². The number of benzene rings is 2. The molecule has 0 radical (unpaired) electrons. The summed E-state index contributed by atoms with van der Waals surface area (Å²) in [5, 5.41) is 11.7. The highest BCUT2D eigenvalue weighted by Crippen LogP contribution is 2.28. The van der Waals surface area contributed by atoms with E-state index in [2.05, 4.69) is 0 Å². The topological polar surface area (TPSA) is 82.2 Å². The lowest BCUT2D eigenvalue weighted by molar-refractivity contribution is -0.384. The van der Waals surface area contributed by atoms with E-state index >= 15 is 0 Å². The minimum atomic E-state index is -3.79. The van der Waals surface area contributed by atoms with Gasteiger partial charge in [-0.05, 0) is 30.7 Å². The van der Waals surface area contributed by atoms with E-state index in [4.69, 9.17) is 0 Å². The highest BCUT2D eigenvalue weighted by Gasteiger charge is 2.21. The van der Waals surface area contributed by atoms with Crippen molar-refractivity contribution in [1.29, 1.82) is 0 Å². The van der Waals surface area contributed by atoms with Crippen LogP contribution in [0.3, 0.4) is 0 Å². The van der Waals surface area contributed by atoms with E-state index in [1.54, 1.807) is 31.2 Å². The number of nitro groups is 1. The van der Waals surface area contributed by atoms with Crippen molar-refractivity contribution >= 4 is 26.6 Å². The number of rotatable bonds is 3. The van der Waals surface area contributed by atoms with Gasteiger partial charge in [0.2, 0.25) is 0 Å². The van der Waals surface area contributed by atoms with Crippen LogP contribution in [0.15, 0.2) is 59.6 Å². The zero-order valence-corrected chi connectivity index (χ0v) is 12.4. The van der Waals surface area contributed by atoms with Crippen molar-refractivity contribution in [1.82, 2.24) is 3.97 Å². The SMILES string of the molecule is Cc1cc([N+](=O)[O-])cc2c1ccn2S(=O)(=O)c1ccccc1. The zero-order valence-electron chi connectivity index (χ0n) is 11.6. The van der Waals surface area contributed by atoms with Crippen LogP contribution in [0, 0.1) is 17.0 Å². The Morgan fingerprint density at radius 3 is 2.41 bits per heavy atom. The van der Waals surface area contributed by atoms with Crippen molar-refractivity contribution in [3.8, 4) is 0 Å². The summed E-state index contributed by atoms with van der Waals surface area (Å²) in [4.78, 5) is 10.6. The zero-order chi connectivity index (χ0) is 15.9. The number of aryl methyl sites for hydroxylation is 1. The monoisotopic (exact) mass is 316 g/mol. The molecule has 0 amide bonds. The first-order chi connectivity index (χ1) is 10.4. The molecule has 0 atom stereocenters. The van der Waals surface area contributed by atoms with Gasteiger partial charge < -0.3 is 0 Å². The van der Waals surface area contributed by atoms with Gasteiger partial charge in [0.05, 0.1) is 15.3 Å². The van der Waals surface area contributed by atoms with Crippen LogP contribution in [0.2, 0.25) is 0 Å². The van der Waals surface area contributed by atoms with Crippen LogP contribution in [-0.4, -0.2) is 17.3 Å². The van der Waals surface area contributed by atoms with E-state index in [9.17, 15) is 18.5 Å². The summed E-state index contributed by atoms with van der Waals surface area (Å²) in [5.74, 6) is 0. The molecule has 0 N–H and O–H groups in total. The number of hydrogen-bond donors (Lipinski definition) is 0. The van der Waals surface area contributed by atoms with Crippen molar-refractivity contribution in [3.63, 3.8) is 0 Å². The number of non-ortho nitro benzene ring substituents is 1. The third-order valence-corrected chi connectivity index (χ3v) is 5.18. The second-order valence-corrected chi connectivity index (χ2v) is 6.70. The summed E-state index contributed by atoms with van der Waals surface area (Å²) in [6, 6.07) is 12.3. The smallest absolute Gasteiger partial charge is 0.258 e. The summed E-state index contributed by atoms with van der Waals surface area (Å²) in [5.41, 5.74) is 0.829. The molecule has 0 fully saturated rings. The van der Waals surface area contributed by atoms with Gasteiger partial charge in [0.25, 0.3) is 15.7 Å². The molecule has 0 saturated heterocycles. The van der Waals surface area contributed by atoms with Gasteiger partial charge in [0, 0.05) is 23.7 Å². The van der Waals surface area contributed by atoms with Gasteiger partial charge in [0.1, 0.15) is 0 Å². The second-order valence-electron chi connectivity index (χ2n) is 4.88. The van der Waals surface area contributed by atoms with Crippen molar-refractivity contribution < 1.29 is 13.3 Å². The molecule has 0 aliphatic rings. The Bertz CT molecular complexity index is 975. The molecular formula is C15H12N2O4S. The maximum atomic E-state index is 12.7. The molecule has 3 aromatic rings. The molecule has 2 aromatic carbocycles. The predicted molar refractivity (Wildman–Crippen MR) is 82.4 cm³/mol. The largest absolute Gasteiger partial charge is 0.271 e. The summed E-state index contributed by atoms with van der Waals surface area (Å²) in [7, 11) is -3.79. The Labute approximate surface area is 126 Å². The van der Waals surface area contributed by atoms with Gasteiger partial charge in [-0.3, -0.25) is 10.1 Å². The van der Waals surface area contributed by atoms with Gasteiger partial charge in [0.15, 0.2) is 0 Å². The van der Waals surface area contributed by atoms with E-state index in [-0.39, 0.29) is 10.6 Å². The average molecular weight is 316 g/mol. The normalized spacial score (nSPS) is 11.7. The van der Waals surface area contributed by atoms with E-state index in [0.29, 0.717) is 16.5 Å². The van der Waals surface area contributed by atoms with Crippen LogP contribution in [0.1, 0.15) is 5.56 Å². The maximum absolute atomic E-state index is 12.7. The number of nitrogens with zero attached hydrogens (tertiary/aromatic N) is 2. The fourth-order valence-corrected chi connectivity index (χ4v) is 3.76. The molecule has 0 spiro atoms. The lowest BCUT2D eigenvalue weighted by Crippen LogP contribution is -2.11. The van der Waals surface area contributed by atoms with Crippen LogP contribution in [0.25, 0.3) is 10.9 Å². The highest BCUT2D eigenvalue weighted by atomic mass is 32.2. The van der Waals surface area contributed by atoms with Gasteiger partial charge in [-0.2, -0.15) is 0 Å². The molecule has 6 nitrogen and oxygen atoms in total. The number of fused-ring (bicyclic) bond motifs is 1. The van der Waals surface area contributed by atoms with E-state index in [1.807, 2.05) is 0 Å². The fraction of sp³-hybridized carbons (Fsp3) is 0.0667. The third-order valence-electron chi connectivity index (χ3n) is 3.47. The quantitative estimate of drug-likeness (QED) is 0.549. The molecule has 0 aliphatic carbocycles. The predicted octanol–water partition coefficient (Wildman–Crippen LogP) is 3.09. The van der Waals surface area contributed by atoms with Gasteiger partial charge in [-0.25, -0.2) is 12.4 Å². The Balaban J connectivity index is 2.31. The molecular weight excluding hydrogens is 304 g/mol. The van der Waals surface area contributed by atoms with Crippen molar-refractivity contribution in [2.75, 3.05) is 0 Å². The molecule has 22 heavy (non-hydrogen) atoms. The Kier molecular flexibility index (Phi) is 3.22. The first kappa shape index (κ1) is 14.3. The van der Waals surface area contributed by atoms with Crippen LogP contribution in [0.4, 0.5) is 5.69 Å². The molecule has 7 heteroatoms. The fourth-order valence-electron chi connectivity index (χ4n) is 2.40.